The van der Waals surface area contributed by atoms with Crippen LogP contribution in [0.25, 0.3) is 0 Å². The molecular weight excluding hydrogens is 198 g/mol. The van der Waals surface area contributed by atoms with E-state index in [4.69, 9.17) is 9.84 Å². The lowest BCUT2D eigenvalue weighted by Crippen LogP contribution is -2.49. The molecule has 5 heteroatoms. The fourth-order valence-electron chi connectivity index (χ4n) is 1.55. The third-order valence-electron chi connectivity index (χ3n) is 2.70. The van der Waals surface area contributed by atoms with Crippen LogP contribution in [0.5, 0.6) is 0 Å². The van der Waals surface area contributed by atoms with E-state index in [0.717, 1.165) is 12.8 Å². The normalized spacial score (nSPS) is 28.1. The minimum atomic E-state index is -1.02. The van der Waals surface area contributed by atoms with E-state index in [1.807, 2.05) is 0 Å². The van der Waals surface area contributed by atoms with Gasteiger partial charge >= 0.3 is 5.97 Å². The molecule has 0 spiro atoms. The summed E-state index contributed by atoms with van der Waals surface area (Å²) in [7, 11) is 0. The Balaban J connectivity index is 2.55. The van der Waals surface area contributed by atoms with E-state index >= 15 is 0 Å². The standard InChI is InChI=1S/C10H17NO4/c1-7(8(12)13)11-9(14)10(2)4-3-5-15-6-10/h7H,3-6H2,1-2H3,(H,11,14)(H,12,13)/t7-,10?/m0/s1. The van der Waals surface area contributed by atoms with Crippen molar-refractivity contribution >= 4 is 11.9 Å². The Kier molecular flexibility index (Phi) is 3.68. The maximum atomic E-state index is 11.8. The van der Waals surface area contributed by atoms with Gasteiger partial charge in [0.25, 0.3) is 0 Å². The number of aliphatic carboxylic acids is 1. The third kappa shape index (κ3) is 2.92. The molecule has 1 saturated heterocycles. The Morgan fingerprint density at radius 3 is 2.67 bits per heavy atom. The summed E-state index contributed by atoms with van der Waals surface area (Å²) in [6.45, 7) is 4.30. The molecule has 0 aliphatic carbocycles. The van der Waals surface area contributed by atoms with Crippen LogP contribution in [0.1, 0.15) is 26.7 Å². The van der Waals surface area contributed by atoms with Crippen molar-refractivity contribution in [3.63, 3.8) is 0 Å². The molecule has 5 nitrogen and oxygen atoms in total. The SMILES string of the molecule is C[C@H](NC(=O)C1(C)CCCOC1)C(=O)O. The van der Waals surface area contributed by atoms with Gasteiger partial charge in [-0.1, -0.05) is 0 Å². The molecule has 0 bridgehead atoms. The fraction of sp³-hybridized carbons (Fsp3) is 0.800. The number of nitrogens with one attached hydrogen (secondary N) is 1. The largest absolute Gasteiger partial charge is 0.480 e. The predicted octanol–water partition coefficient (Wildman–Crippen LogP) is 0.392. The van der Waals surface area contributed by atoms with Crippen molar-refractivity contribution in [3.8, 4) is 0 Å². The number of carbonyl (C=O) groups is 2. The van der Waals surface area contributed by atoms with Crippen LogP contribution < -0.4 is 5.32 Å². The van der Waals surface area contributed by atoms with E-state index in [9.17, 15) is 9.59 Å². The Hall–Kier alpha value is -1.10. The Bertz CT molecular complexity index is 258. The Morgan fingerprint density at radius 1 is 1.53 bits per heavy atom. The molecule has 0 aromatic heterocycles. The van der Waals surface area contributed by atoms with Gasteiger partial charge in [-0.15, -0.1) is 0 Å². The average molecular weight is 215 g/mol. The first-order valence-electron chi connectivity index (χ1n) is 5.07. The summed E-state index contributed by atoms with van der Waals surface area (Å²) in [5, 5.41) is 11.1. The summed E-state index contributed by atoms with van der Waals surface area (Å²) in [5.74, 6) is -1.26. The molecule has 2 atom stereocenters. The van der Waals surface area contributed by atoms with Crippen molar-refractivity contribution in [1.29, 1.82) is 0 Å². The number of ether oxygens (including phenoxy) is 1. The van der Waals surface area contributed by atoms with Crippen molar-refractivity contribution in [1.82, 2.24) is 5.32 Å². The van der Waals surface area contributed by atoms with Crippen molar-refractivity contribution in [2.45, 2.75) is 32.7 Å². The summed E-state index contributed by atoms with van der Waals surface area (Å²) in [5.41, 5.74) is -0.581. The molecule has 0 aromatic carbocycles. The summed E-state index contributed by atoms with van der Waals surface area (Å²) >= 11 is 0. The van der Waals surface area contributed by atoms with Gasteiger partial charge in [-0.2, -0.15) is 0 Å². The summed E-state index contributed by atoms with van der Waals surface area (Å²) in [6, 6.07) is -0.851. The maximum Gasteiger partial charge on any atom is 0.325 e. The van der Waals surface area contributed by atoms with Crippen molar-refractivity contribution in [2.24, 2.45) is 5.41 Å². The Morgan fingerprint density at radius 2 is 2.20 bits per heavy atom. The molecule has 1 aliphatic rings. The van der Waals surface area contributed by atoms with E-state index in [-0.39, 0.29) is 5.91 Å². The van der Waals surface area contributed by atoms with Crippen LogP contribution in [0.3, 0.4) is 0 Å². The minimum Gasteiger partial charge on any atom is -0.480 e. The minimum absolute atomic E-state index is 0.239. The first-order chi connectivity index (χ1) is 6.96. The highest BCUT2D eigenvalue weighted by Crippen LogP contribution is 2.28. The molecule has 1 aliphatic heterocycles. The Labute approximate surface area is 88.8 Å². The first-order valence-corrected chi connectivity index (χ1v) is 5.07. The van der Waals surface area contributed by atoms with Gasteiger partial charge in [-0.25, -0.2) is 0 Å². The van der Waals surface area contributed by atoms with Gasteiger partial charge in [0.1, 0.15) is 6.04 Å². The zero-order valence-electron chi connectivity index (χ0n) is 9.08. The van der Waals surface area contributed by atoms with Crippen LogP contribution in [0.4, 0.5) is 0 Å². The van der Waals surface area contributed by atoms with Gasteiger partial charge in [-0.3, -0.25) is 9.59 Å². The highest BCUT2D eigenvalue weighted by atomic mass is 16.5. The second-order valence-electron chi connectivity index (χ2n) is 4.25. The van der Waals surface area contributed by atoms with Gasteiger partial charge < -0.3 is 15.2 Å². The molecule has 2 N–H and O–H groups in total. The number of hydrogen-bond acceptors (Lipinski definition) is 3. The molecule has 86 valence electrons. The van der Waals surface area contributed by atoms with Crippen LogP contribution in [0.15, 0.2) is 0 Å². The van der Waals surface area contributed by atoms with Crippen LogP contribution in [-0.4, -0.2) is 36.2 Å². The lowest BCUT2D eigenvalue weighted by atomic mass is 9.83. The lowest BCUT2D eigenvalue weighted by Gasteiger charge is -2.32. The van der Waals surface area contributed by atoms with Crippen molar-refractivity contribution < 1.29 is 19.4 Å². The van der Waals surface area contributed by atoms with Crippen LogP contribution in [0, 0.1) is 5.41 Å². The second kappa shape index (κ2) is 4.61. The highest BCUT2D eigenvalue weighted by molar-refractivity contribution is 5.87. The second-order valence-corrected chi connectivity index (χ2v) is 4.25. The van der Waals surface area contributed by atoms with E-state index in [1.165, 1.54) is 6.92 Å². The fourth-order valence-corrected chi connectivity index (χ4v) is 1.55. The van der Waals surface area contributed by atoms with E-state index in [0.29, 0.717) is 13.2 Å². The van der Waals surface area contributed by atoms with Crippen molar-refractivity contribution in [3.05, 3.63) is 0 Å². The molecule has 1 rings (SSSR count). The number of carboxylic acids is 1. The number of amides is 1. The quantitative estimate of drug-likeness (QED) is 0.714. The third-order valence-corrected chi connectivity index (χ3v) is 2.70. The average Bonchev–Trinajstić information content (AvgIpc) is 2.18. The first kappa shape index (κ1) is 12.0. The van der Waals surface area contributed by atoms with E-state index in [1.54, 1.807) is 6.92 Å². The molecular formula is C10H17NO4. The predicted molar refractivity (Wildman–Crippen MR) is 53.4 cm³/mol. The summed E-state index contributed by atoms with van der Waals surface area (Å²) in [6.07, 6.45) is 1.58. The molecule has 1 heterocycles. The molecule has 0 radical (unpaired) electrons. The van der Waals surface area contributed by atoms with Crippen LogP contribution in [-0.2, 0) is 14.3 Å². The monoisotopic (exact) mass is 215 g/mol. The number of hydrogen-bond donors (Lipinski definition) is 2. The molecule has 1 amide bonds. The summed E-state index contributed by atoms with van der Waals surface area (Å²) in [4.78, 5) is 22.4. The van der Waals surface area contributed by atoms with Gasteiger partial charge in [0.15, 0.2) is 0 Å². The lowest BCUT2D eigenvalue weighted by molar-refractivity contribution is -0.145. The van der Waals surface area contributed by atoms with E-state index in [2.05, 4.69) is 5.32 Å². The maximum absolute atomic E-state index is 11.8. The van der Waals surface area contributed by atoms with Crippen molar-refractivity contribution in [2.75, 3.05) is 13.2 Å². The van der Waals surface area contributed by atoms with Gasteiger partial charge in [-0.05, 0) is 26.7 Å². The zero-order valence-corrected chi connectivity index (χ0v) is 9.08. The van der Waals surface area contributed by atoms with Crippen LogP contribution in [0.2, 0.25) is 0 Å². The van der Waals surface area contributed by atoms with Gasteiger partial charge in [0, 0.05) is 6.61 Å². The molecule has 15 heavy (non-hydrogen) atoms. The topological polar surface area (TPSA) is 75.6 Å². The van der Waals surface area contributed by atoms with E-state index < -0.39 is 17.4 Å². The highest BCUT2D eigenvalue weighted by Gasteiger charge is 2.36. The van der Waals surface area contributed by atoms with Gasteiger partial charge in [0.2, 0.25) is 5.91 Å². The smallest absolute Gasteiger partial charge is 0.325 e. The molecule has 0 aromatic rings. The molecule has 0 saturated carbocycles. The van der Waals surface area contributed by atoms with Gasteiger partial charge in [0.05, 0.1) is 12.0 Å². The number of carbonyl (C=O) groups excluding carboxylic acids is 1. The number of rotatable bonds is 3. The molecule has 1 unspecified atom stereocenters. The zero-order chi connectivity index (χ0) is 11.5. The summed E-state index contributed by atoms with van der Waals surface area (Å²) < 4.78 is 5.24. The van der Waals surface area contributed by atoms with Crippen LogP contribution >= 0.6 is 0 Å². The number of carboxylic acid groups (broad SMARTS) is 1. The molecule has 1 fully saturated rings.